The highest BCUT2D eigenvalue weighted by Gasteiger charge is 2.52. The number of halogens is 1. The molecular weight excluding hydrogens is 484 g/mol. The highest BCUT2D eigenvalue weighted by atomic mass is 35.5. The summed E-state index contributed by atoms with van der Waals surface area (Å²) in [7, 11) is 1.38. The number of Topliss-reactive ketones (excluding diaryl/α,β-unsaturated/α-hetero) is 1. The Bertz CT molecular complexity index is 1090. The first-order valence-corrected chi connectivity index (χ1v) is 13.3. The Morgan fingerprint density at radius 2 is 2.03 bits per heavy atom. The van der Waals surface area contributed by atoms with Gasteiger partial charge in [0.05, 0.1) is 29.8 Å². The molecule has 5 nitrogen and oxygen atoms in total. The molecule has 2 aromatic rings. The van der Waals surface area contributed by atoms with Gasteiger partial charge in [-0.15, -0.1) is 11.3 Å². The van der Waals surface area contributed by atoms with Crippen LogP contribution in [0.4, 0.5) is 0 Å². The van der Waals surface area contributed by atoms with Crippen molar-refractivity contribution in [2.75, 3.05) is 7.11 Å². The number of carbonyl (C=O) groups excluding carboxylic acids is 2. The molecular formula is C28H35ClO5S. The third-order valence-electron chi connectivity index (χ3n) is 6.90. The summed E-state index contributed by atoms with van der Waals surface area (Å²) in [6, 6.07) is 7.99. The molecule has 1 saturated carbocycles. The number of benzene rings is 1. The maximum Gasteiger partial charge on any atom is 0.305 e. The first-order valence-electron chi connectivity index (χ1n) is 12.1. The van der Waals surface area contributed by atoms with E-state index in [9.17, 15) is 19.8 Å². The zero-order valence-corrected chi connectivity index (χ0v) is 22.1. The van der Waals surface area contributed by atoms with E-state index in [4.69, 9.17) is 11.6 Å². The van der Waals surface area contributed by atoms with Gasteiger partial charge in [-0.2, -0.15) is 0 Å². The van der Waals surface area contributed by atoms with E-state index in [2.05, 4.69) is 4.74 Å². The molecule has 7 heteroatoms. The summed E-state index contributed by atoms with van der Waals surface area (Å²) in [5.74, 6) is -0.907. The van der Waals surface area contributed by atoms with Gasteiger partial charge in [-0.25, -0.2) is 0 Å². The van der Waals surface area contributed by atoms with Crippen LogP contribution in [-0.4, -0.2) is 41.3 Å². The van der Waals surface area contributed by atoms with Crippen LogP contribution in [0.25, 0.3) is 10.1 Å². The van der Waals surface area contributed by atoms with E-state index in [1.54, 1.807) is 31.3 Å². The van der Waals surface area contributed by atoms with Gasteiger partial charge in [-0.3, -0.25) is 9.59 Å². The molecule has 190 valence electrons. The molecule has 1 heterocycles. The van der Waals surface area contributed by atoms with Crippen LogP contribution in [0.2, 0.25) is 5.02 Å². The van der Waals surface area contributed by atoms with Crippen molar-refractivity contribution in [2.45, 2.75) is 64.6 Å². The zero-order chi connectivity index (χ0) is 25.6. The summed E-state index contributed by atoms with van der Waals surface area (Å²) < 4.78 is 5.77. The standard InChI is InChI=1S/C28H35ClO5S/c1-28(2)26(32)19(10-6-4-5-7-13-24(31)34-3)20(27(28)33)16-14-18(30)15-17-23-25(29)21-11-8-9-12-22(21)35-23/h4,6,8-9,11-12,14,16,18-20,27,30,33H,5,7,10,13,15,17H2,1-3H3/b6-4-,16-14+/t18?,19-,20?,27+/m1/s1. The number of aryl methyl sites for hydroxylation is 1. The molecule has 2 unspecified atom stereocenters. The van der Waals surface area contributed by atoms with Crippen molar-refractivity contribution in [1.82, 2.24) is 0 Å². The highest BCUT2D eigenvalue weighted by molar-refractivity contribution is 7.19. The number of ether oxygens (including phenoxy) is 1. The summed E-state index contributed by atoms with van der Waals surface area (Å²) in [4.78, 5) is 25.3. The van der Waals surface area contributed by atoms with Gasteiger partial charge in [0, 0.05) is 33.2 Å². The van der Waals surface area contributed by atoms with E-state index in [-0.39, 0.29) is 23.6 Å². The summed E-state index contributed by atoms with van der Waals surface area (Å²) >= 11 is 8.16. The second-order valence-electron chi connectivity index (χ2n) is 9.72. The molecule has 0 spiro atoms. The first kappa shape index (κ1) is 27.6. The average molecular weight is 519 g/mol. The zero-order valence-electron chi connectivity index (χ0n) is 20.6. The highest BCUT2D eigenvalue weighted by Crippen LogP contribution is 2.45. The molecule has 0 saturated heterocycles. The third-order valence-corrected chi connectivity index (χ3v) is 8.67. The minimum Gasteiger partial charge on any atom is -0.469 e. The number of unbranched alkanes of at least 4 members (excludes halogenated alkanes) is 1. The van der Waals surface area contributed by atoms with Crippen molar-refractivity contribution in [2.24, 2.45) is 17.3 Å². The van der Waals surface area contributed by atoms with Crippen molar-refractivity contribution in [1.29, 1.82) is 0 Å². The monoisotopic (exact) mass is 518 g/mol. The molecule has 0 aliphatic heterocycles. The summed E-state index contributed by atoms with van der Waals surface area (Å²) in [6.45, 7) is 3.56. The molecule has 3 rings (SSSR count). The van der Waals surface area contributed by atoms with E-state index < -0.39 is 17.6 Å². The SMILES string of the molecule is COC(=O)CCC/C=C\C[C@H]1C(=O)C(C)(C)[C@@H](O)C1/C=C/C(O)CCc1sc2ccccc2c1Cl. The maximum atomic E-state index is 13.0. The number of thiophene rings is 1. The lowest BCUT2D eigenvalue weighted by Crippen LogP contribution is -2.31. The maximum absolute atomic E-state index is 13.0. The fourth-order valence-electron chi connectivity index (χ4n) is 4.69. The van der Waals surface area contributed by atoms with Crippen molar-refractivity contribution >= 4 is 44.8 Å². The van der Waals surface area contributed by atoms with Crippen molar-refractivity contribution in [3.63, 3.8) is 0 Å². The Labute approximate surface area is 216 Å². The van der Waals surface area contributed by atoms with E-state index in [0.717, 1.165) is 26.4 Å². The lowest BCUT2D eigenvalue weighted by Gasteiger charge is -2.22. The van der Waals surface area contributed by atoms with E-state index >= 15 is 0 Å². The number of hydrogen-bond donors (Lipinski definition) is 2. The Balaban J connectivity index is 1.59. The van der Waals surface area contributed by atoms with Gasteiger partial charge in [-0.1, -0.05) is 68.0 Å². The van der Waals surface area contributed by atoms with Gasteiger partial charge in [0.2, 0.25) is 0 Å². The molecule has 1 aliphatic rings. The van der Waals surface area contributed by atoms with Gasteiger partial charge >= 0.3 is 5.97 Å². The number of aliphatic hydroxyl groups is 2. The van der Waals surface area contributed by atoms with Crippen LogP contribution in [0.5, 0.6) is 0 Å². The summed E-state index contributed by atoms with van der Waals surface area (Å²) in [5.41, 5.74) is -0.839. The Morgan fingerprint density at radius 3 is 2.74 bits per heavy atom. The molecule has 1 aromatic heterocycles. The smallest absolute Gasteiger partial charge is 0.305 e. The third kappa shape index (κ3) is 6.62. The number of hydrogen-bond acceptors (Lipinski definition) is 6. The largest absolute Gasteiger partial charge is 0.469 e. The minimum atomic E-state index is -0.839. The quantitative estimate of drug-likeness (QED) is 0.220. The van der Waals surface area contributed by atoms with Gasteiger partial charge < -0.3 is 14.9 Å². The van der Waals surface area contributed by atoms with Crippen LogP contribution in [0.1, 0.15) is 50.8 Å². The second kappa shape index (κ2) is 12.3. The normalized spacial score (nSPS) is 23.0. The topological polar surface area (TPSA) is 83.8 Å². The molecule has 0 amide bonds. The Kier molecular flexibility index (Phi) is 9.70. The van der Waals surface area contributed by atoms with Crippen molar-refractivity contribution < 1.29 is 24.5 Å². The molecule has 2 N–H and O–H groups in total. The molecule has 4 atom stereocenters. The number of carbonyl (C=O) groups is 2. The van der Waals surface area contributed by atoms with Crippen LogP contribution in [-0.2, 0) is 20.7 Å². The number of esters is 1. The number of rotatable bonds is 11. The predicted octanol–water partition coefficient (Wildman–Crippen LogP) is 5.90. The fourth-order valence-corrected chi connectivity index (χ4v) is 6.23. The molecule has 0 radical (unpaired) electrons. The van der Waals surface area contributed by atoms with Gasteiger partial charge in [0.1, 0.15) is 5.78 Å². The van der Waals surface area contributed by atoms with Gasteiger partial charge in [-0.05, 0) is 38.2 Å². The van der Waals surface area contributed by atoms with E-state index in [1.807, 2.05) is 42.5 Å². The number of aliphatic hydroxyl groups excluding tert-OH is 2. The minimum absolute atomic E-state index is 0.0328. The van der Waals surface area contributed by atoms with Crippen LogP contribution >= 0.6 is 22.9 Å². The Morgan fingerprint density at radius 1 is 1.29 bits per heavy atom. The number of fused-ring (bicyclic) bond motifs is 1. The second-order valence-corrected chi connectivity index (χ2v) is 11.2. The van der Waals surface area contributed by atoms with Crippen molar-refractivity contribution in [3.05, 3.63) is 58.5 Å². The van der Waals surface area contributed by atoms with Crippen LogP contribution < -0.4 is 0 Å². The molecule has 1 fully saturated rings. The average Bonchev–Trinajstić information content (AvgIpc) is 3.25. The number of allylic oxidation sites excluding steroid dienone is 2. The van der Waals surface area contributed by atoms with E-state index in [1.165, 1.54) is 7.11 Å². The first-order chi connectivity index (χ1) is 16.7. The van der Waals surface area contributed by atoms with Crippen LogP contribution in [0.15, 0.2) is 48.6 Å². The molecule has 1 aromatic carbocycles. The van der Waals surface area contributed by atoms with Crippen molar-refractivity contribution in [3.8, 4) is 0 Å². The molecule has 0 bridgehead atoms. The lowest BCUT2D eigenvalue weighted by atomic mass is 9.86. The van der Waals surface area contributed by atoms with E-state index in [0.29, 0.717) is 32.1 Å². The summed E-state index contributed by atoms with van der Waals surface area (Å²) in [5, 5.41) is 23.3. The Hall–Kier alpha value is -1.99. The predicted molar refractivity (Wildman–Crippen MR) is 142 cm³/mol. The lowest BCUT2D eigenvalue weighted by molar-refractivity contribution is -0.140. The van der Waals surface area contributed by atoms with Gasteiger partial charge in [0.25, 0.3) is 0 Å². The molecule has 35 heavy (non-hydrogen) atoms. The van der Waals surface area contributed by atoms with Gasteiger partial charge in [0.15, 0.2) is 0 Å². The van der Waals surface area contributed by atoms with Crippen LogP contribution in [0.3, 0.4) is 0 Å². The summed E-state index contributed by atoms with van der Waals surface area (Å²) in [6.07, 6.45) is 9.38. The molecule has 1 aliphatic carbocycles. The fraction of sp³-hybridized carbons (Fsp3) is 0.500. The number of methoxy groups -OCH3 is 1. The van der Waals surface area contributed by atoms with Crippen LogP contribution in [0, 0.1) is 17.3 Å². The number of ketones is 1.